The lowest BCUT2D eigenvalue weighted by atomic mass is 10.0. The Bertz CT molecular complexity index is 465. The molecule has 0 aromatic heterocycles. The maximum atomic E-state index is 14.1. The van der Waals surface area contributed by atoms with Crippen molar-refractivity contribution in [2.24, 2.45) is 0 Å². The van der Waals surface area contributed by atoms with Crippen LogP contribution in [0.5, 0.6) is 5.75 Å². The Morgan fingerprint density at radius 2 is 1.85 bits per heavy atom. The molecular formula is C15H19FO4. The van der Waals surface area contributed by atoms with E-state index in [0.717, 1.165) is 12.8 Å². The third-order valence-electron chi connectivity index (χ3n) is 2.99. The van der Waals surface area contributed by atoms with Gasteiger partial charge < -0.3 is 9.84 Å². The van der Waals surface area contributed by atoms with E-state index in [4.69, 9.17) is 9.84 Å². The molecule has 0 spiro atoms. The van der Waals surface area contributed by atoms with Crippen LogP contribution < -0.4 is 4.74 Å². The van der Waals surface area contributed by atoms with E-state index in [1.54, 1.807) is 0 Å². The van der Waals surface area contributed by atoms with E-state index in [2.05, 4.69) is 0 Å². The Labute approximate surface area is 117 Å². The molecule has 1 aromatic rings. The number of aromatic carboxylic acids is 1. The number of ether oxygens (including phenoxy) is 1. The molecule has 0 bridgehead atoms. The summed E-state index contributed by atoms with van der Waals surface area (Å²) in [4.78, 5) is 22.4. The van der Waals surface area contributed by atoms with Gasteiger partial charge in [0.15, 0.2) is 0 Å². The first-order chi connectivity index (χ1) is 9.36. The molecule has 1 atom stereocenters. The second-order valence-electron chi connectivity index (χ2n) is 4.87. The summed E-state index contributed by atoms with van der Waals surface area (Å²) in [6.07, 6.45) is 2.55. The number of benzene rings is 1. The molecule has 20 heavy (non-hydrogen) atoms. The maximum absolute atomic E-state index is 14.1. The van der Waals surface area contributed by atoms with E-state index >= 15 is 0 Å². The van der Waals surface area contributed by atoms with Gasteiger partial charge in [-0.3, -0.25) is 0 Å². The van der Waals surface area contributed by atoms with Gasteiger partial charge in [-0.1, -0.05) is 19.8 Å². The zero-order valence-corrected chi connectivity index (χ0v) is 11.7. The molecule has 0 aliphatic rings. The highest BCUT2D eigenvalue weighted by Gasteiger charge is 2.34. The summed E-state index contributed by atoms with van der Waals surface area (Å²) in [5.74, 6) is -1.88. The number of carbonyl (C=O) groups is 2. The topological polar surface area (TPSA) is 63.6 Å². The summed E-state index contributed by atoms with van der Waals surface area (Å²) in [5.41, 5.74) is -1.95. The van der Waals surface area contributed by atoms with Crippen molar-refractivity contribution in [1.29, 1.82) is 0 Å². The van der Waals surface area contributed by atoms with Gasteiger partial charge in [0.1, 0.15) is 5.75 Å². The molecule has 0 unspecified atom stereocenters. The minimum atomic E-state index is -2.03. The van der Waals surface area contributed by atoms with Crippen molar-refractivity contribution in [1.82, 2.24) is 0 Å². The van der Waals surface area contributed by atoms with Crippen molar-refractivity contribution >= 4 is 11.9 Å². The van der Waals surface area contributed by atoms with Gasteiger partial charge in [-0.15, -0.1) is 0 Å². The molecule has 0 saturated heterocycles. The van der Waals surface area contributed by atoms with Gasteiger partial charge in [0, 0.05) is 0 Å². The van der Waals surface area contributed by atoms with E-state index in [9.17, 15) is 14.0 Å². The second kappa shape index (κ2) is 7.03. The van der Waals surface area contributed by atoms with Crippen molar-refractivity contribution in [3.8, 4) is 5.75 Å². The predicted octanol–water partition coefficient (Wildman–Crippen LogP) is 3.60. The largest absolute Gasteiger partial charge is 0.478 e. The normalized spacial score (nSPS) is 13.6. The number of carbonyl (C=O) groups excluding carboxylic acids is 1. The van der Waals surface area contributed by atoms with Gasteiger partial charge in [-0.25, -0.2) is 14.0 Å². The quantitative estimate of drug-likeness (QED) is 0.471. The summed E-state index contributed by atoms with van der Waals surface area (Å²) in [7, 11) is 0. The summed E-state index contributed by atoms with van der Waals surface area (Å²) < 4.78 is 19.1. The SMILES string of the molecule is CCCCC[C@](C)(F)C(=O)Oc1ccc(C(=O)O)cc1. The monoisotopic (exact) mass is 282 g/mol. The number of esters is 1. The fraction of sp³-hybridized carbons (Fsp3) is 0.467. The molecule has 4 nitrogen and oxygen atoms in total. The van der Waals surface area contributed by atoms with Crippen LogP contribution in [-0.4, -0.2) is 22.7 Å². The summed E-state index contributed by atoms with van der Waals surface area (Å²) in [5, 5.41) is 8.74. The van der Waals surface area contributed by atoms with Crippen LogP contribution in [0, 0.1) is 0 Å². The van der Waals surface area contributed by atoms with Crippen molar-refractivity contribution in [3.63, 3.8) is 0 Å². The van der Waals surface area contributed by atoms with Crippen LogP contribution in [-0.2, 0) is 4.79 Å². The lowest BCUT2D eigenvalue weighted by Gasteiger charge is -2.18. The van der Waals surface area contributed by atoms with Crippen LogP contribution in [0.4, 0.5) is 4.39 Å². The van der Waals surface area contributed by atoms with Crippen LogP contribution in [0.3, 0.4) is 0 Å². The van der Waals surface area contributed by atoms with Crippen LogP contribution in [0.2, 0.25) is 0 Å². The molecule has 1 N–H and O–H groups in total. The summed E-state index contributed by atoms with van der Waals surface area (Å²) >= 11 is 0. The highest BCUT2D eigenvalue weighted by atomic mass is 19.1. The fourth-order valence-electron chi connectivity index (χ4n) is 1.69. The minimum absolute atomic E-state index is 0.0794. The Morgan fingerprint density at radius 3 is 2.35 bits per heavy atom. The van der Waals surface area contributed by atoms with E-state index in [0.29, 0.717) is 6.42 Å². The van der Waals surface area contributed by atoms with Gasteiger partial charge >= 0.3 is 11.9 Å². The Hall–Kier alpha value is -1.91. The number of unbranched alkanes of at least 4 members (excludes halogenated alkanes) is 2. The molecule has 0 aliphatic carbocycles. The van der Waals surface area contributed by atoms with Crippen molar-refractivity contribution in [3.05, 3.63) is 29.8 Å². The Kier molecular flexibility index (Phi) is 5.67. The molecule has 0 saturated carbocycles. The lowest BCUT2D eigenvalue weighted by Crippen LogP contribution is -2.34. The standard InChI is InChI=1S/C15H19FO4/c1-3-4-5-10-15(2,16)14(19)20-12-8-6-11(7-9-12)13(17)18/h6-9H,3-5,10H2,1-2H3,(H,17,18)/t15-/m0/s1. The van der Waals surface area contributed by atoms with Crippen LogP contribution in [0.1, 0.15) is 49.9 Å². The zero-order chi connectivity index (χ0) is 15.2. The molecule has 1 rings (SSSR count). The molecule has 0 fully saturated rings. The number of hydrogen-bond acceptors (Lipinski definition) is 3. The molecule has 110 valence electrons. The van der Waals surface area contributed by atoms with Crippen LogP contribution in [0.15, 0.2) is 24.3 Å². The van der Waals surface area contributed by atoms with Crippen LogP contribution >= 0.6 is 0 Å². The van der Waals surface area contributed by atoms with Gasteiger partial charge in [0.05, 0.1) is 5.56 Å². The Morgan fingerprint density at radius 1 is 1.25 bits per heavy atom. The van der Waals surface area contributed by atoms with E-state index in [-0.39, 0.29) is 17.7 Å². The number of halogens is 1. The van der Waals surface area contributed by atoms with Crippen LogP contribution in [0.25, 0.3) is 0 Å². The van der Waals surface area contributed by atoms with Gasteiger partial charge in [-0.05, 0) is 44.0 Å². The Balaban J connectivity index is 2.62. The van der Waals surface area contributed by atoms with E-state index < -0.39 is 17.6 Å². The van der Waals surface area contributed by atoms with E-state index in [1.165, 1.54) is 31.2 Å². The number of carboxylic acid groups (broad SMARTS) is 1. The molecule has 5 heteroatoms. The number of carboxylic acids is 1. The van der Waals surface area contributed by atoms with Crippen molar-refractivity contribution in [2.75, 3.05) is 0 Å². The third-order valence-corrected chi connectivity index (χ3v) is 2.99. The average molecular weight is 282 g/mol. The number of rotatable bonds is 7. The molecule has 0 amide bonds. The average Bonchev–Trinajstić information content (AvgIpc) is 2.39. The molecule has 0 aliphatic heterocycles. The first-order valence-electron chi connectivity index (χ1n) is 6.61. The smallest absolute Gasteiger partial charge is 0.348 e. The highest BCUT2D eigenvalue weighted by Crippen LogP contribution is 2.23. The summed E-state index contributed by atoms with van der Waals surface area (Å²) in [6, 6.07) is 5.28. The maximum Gasteiger partial charge on any atom is 0.348 e. The molecule has 0 heterocycles. The second-order valence-corrected chi connectivity index (χ2v) is 4.87. The highest BCUT2D eigenvalue weighted by molar-refractivity contribution is 5.88. The minimum Gasteiger partial charge on any atom is -0.478 e. The first-order valence-corrected chi connectivity index (χ1v) is 6.61. The molecule has 1 aromatic carbocycles. The molecule has 0 radical (unpaired) electrons. The number of hydrogen-bond donors (Lipinski definition) is 1. The zero-order valence-electron chi connectivity index (χ0n) is 11.7. The van der Waals surface area contributed by atoms with Gasteiger partial charge in [0.25, 0.3) is 0 Å². The first kappa shape index (κ1) is 16.1. The lowest BCUT2D eigenvalue weighted by molar-refractivity contribution is -0.147. The third kappa shape index (κ3) is 4.64. The molecular weight excluding hydrogens is 263 g/mol. The van der Waals surface area contributed by atoms with Crippen molar-refractivity contribution < 1.29 is 23.8 Å². The predicted molar refractivity (Wildman–Crippen MR) is 72.7 cm³/mol. The van der Waals surface area contributed by atoms with Crippen molar-refractivity contribution in [2.45, 2.75) is 45.2 Å². The van der Waals surface area contributed by atoms with Gasteiger partial charge in [0.2, 0.25) is 5.67 Å². The van der Waals surface area contributed by atoms with Gasteiger partial charge in [-0.2, -0.15) is 0 Å². The summed E-state index contributed by atoms with van der Waals surface area (Å²) in [6.45, 7) is 3.20. The number of alkyl halides is 1. The van der Waals surface area contributed by atoms with E-state index in [1.807, 2.05) is 6.92 Å². The fourth-order valence-corrected chi connectivity index (χ4v) is 1.69.